The molecule has 0 radical (unpaired) electrons. The summed E-state index contributed by atoms with van der Waals surface area (Å²) in [4.78, 5) is 2.21. The van der Waals surface area contributed by atoms with Gasteiger partial charge in [0.1, 0.15) is 0 Å². The number of aromatic nitrogens is 4. The van der Waals surface area contributed by atoms with Gasteiger partial charge >= 0.3 is 0 Å². The molecule has 1 aromatic carbocycles. The Morgan fingerprint density at radius 3 is 3.00 bits per heavy atom. The number of anilines is 1. The first-order valence-electron chi connectivity index (χ1n) is 8.23. The van der Waals surface area contributed by atoms with Crippen molar-refractivity contribution in [3.63, 3.8) is 0 Å². The third-order valence-corrected chi connectivity index (χ3v) is 5.82. The molecule has 130 valence electrons. The van der Waals surface area contributed by atoms with Crippen molar-refractivity contribution in [2.24, 2.45) is 5.92 Å². The molecule has 0 saturated carbocycles. The Bertz CT molecular complexity index is 851. The number of hydrogen-bond acceptors (Lipinski definition) is 6. The molecule has 0 amide bonds. The number of aliphatic hydroxyl groups excluding tert-OH is 1. The Balaban J connectivity index is 1.58. The number of nitrogens with zero attached hydrogens (tertiary/aromatic N) is 4. The molecular weight excluding hydrogens is 358 g/mol. The molecule has 0 aliphatic carbocycles. The average molecular weight is 376 g/mol. The Kier molecular flexibility index (Phi) is 4.70. The van der Waals surface area contributed by atoms with Gasteiger partial charge in [0.05, 0.1) is 11.2 Å². The Morgan fingerprint density at radius 1 is 1.32 bits per heavy atom. The van der Waals surface area contributed by atoms with E-state index in [-0.39, 0.29) is 6.61 Å². The second-order valence-corrected chi connectivity index (χ2v) is 7.57. The quantitative estimate of drug-likeness (QED) is 0.730. The molecular formula is C17H18ClN5OS. The zero-order chi connectivity index (χ0) is 17.2. The van der Waals surface area contributed by atoms with Crippen molar-refractivity contribution < 1.29 is 5.11 Å². The van der Waals surface area contributed by atoms with Crippen molar-refractivity contribution in [1.82, 2.24) is 20.4 Å². The molecule has 2 N–H and O–H groups in total. The van der Waals surface area contributed by atoms with Gasteiger partial charge < -0.3 is 10.0 Å². The van der Waals surface area contributed by atoms with Crippen molar-refractivity contribution in [2.45, 2.75) is 12.8 Å². The maximum absolute atomic E-state index is 9.40. The number of halogens is 1. The Labute approximate surface area is 154 Å². The minimum Gasteiger partial charge on any atom is -0.396 e. The van der Waals surface area contributed by atoms with E-state index in [1.165, 1.54) is 0 Å². The lowest BCUT2D eigenvalue weighted by Gasteiger charge is -2.31. The lowest BCUT2D eigenvalue weighted by molar-refractivity contribution is 0.208. The van der Waals surface area contributed by atoms with E-state index in [0.29, 0.717) is 10.9 Å². The van der Waals surface area contributed by atoms with Gasteiger partial charge in [0.2, 0.25) is 5.13 Å². The maximum Gasteiger partial charge on any atom is 0.208 e. The van der Waals surface area contributed by atoms with E-state index in [9.17, 15) is 5.11 Å². The lowest BCUT2D eigenvalue weighted by atomic mass is 10.00. The lowest BCUT2D eigenvalue weighted by Crippen LogP contribution is -2.36. The van der Waals surface area contributed by atoms with Crippen molar-refractivity contribution in [1.29, 1.82) is 0 Å². The Morgan fingerprint density at radius 2 is 2.24 bits per heavy atom. The normalized spacial score (nSPS) is 17.8. The summed E-state index contributed by atoms with van der Waals surface area (Å²) in [5.41, 5.74) is 2.89. The van der Waals surface area contributed by atoms with Crippen molar-refractivity contribution in [3.05, 3.63) is 35.6 Å². The van der Waals surface area contributed by atoms with Crippen molar-refractivity contribution in [3.8, 4) is 21.7 Å². The third kappa shape index (κ3) is 3.40. The predicted octanol–water partition coefficient (Wildman–Crippen LogP) is 3.46. The Hall–Kier alpha value is -1.96. The van der Waals surface area contributed by atoms with E-state index in [1.807, 2.05) is 24.4 Å². The van der Waals surface area contributed by atoms with Crippen LogP contribution in [-0.2, 0) is 0 Å². The van der Waals surface area contributed by atoms with Gasteiger partial charge in [-0.3, -0.25) is 5.10 Å². The molecule has 1 aliphatic rings. The molecule has 1 atom stereocenters. The SMILES string of the molecule is OC[C@@H]1CCCN(c2nnc(-c3ccc(-c4cn[nH]c4)cc3Cl)s2)C1. The number of benzene rings is 1. The fourth-order valence-electron chi connectivity index (χ4n) is 3.12. The van der Waals surface area contributed by atoms with E-state index in [4.69, 9.17) is 11.6 Å². The first-order valence-corrected chi connectivity index (χ1v) is 9.42. The van der Waals surface area contributed by atoms with Crippen LogP contribution in [0.4, 0.5) is 5.13 Å². The summed E-state index contributed by atoms with van der Waals surface area (Å²) in [6, 6.07) is 5.91. The predicted molar refractivity (Wildman–Crippen MR) is 100.0 cm³/mol. The molecule has 4 rings (SSSR count). The standard InChI is InChI=1S/C17H18ClN5OS/c18-15-6-12(13-7-19-20-8-13)3-4-14(15)16-21-22-17(25-16)23-5-1-2-11(9-23)10-24/h3-4,6-8,11,24H,1-2,5,9-10H2,(H,19,20)/t11-/m1/s1. The molecule has 1 aliphatic heterocycles. The van der Waals surface area contributed by atoms with E-state index < -0.39 is 0 Å². The second-order valence-electron chi connectivity index (χ2n) is 6.21. The molecule has 1 fully saturated rings. The highest BCUT2D eigenvalue weighted by Gasteiger charge is 2.22. The van der Waals surface area contributed by atoms with Crippen LogP contribution in [0.25, 0.3) is 21.7 Å². The molecule has 0 bridgehead atoms. The first kappa shape index (κ1) is 16.5. The molecule has 3 heterocycles. The van der Waals surface area contributed by atoms with Crippen LogP contribution in [0.2, 0.25) is 5.02 Å². The molecule has 2 aromatic heterocycles. The van der Waals surface area contributed by atoms with Gasteiger partial charge in [-0.25, -0.2) is 0 Å². The minimum absolute atomic E-state index is 0.226. The molecule has 0 spiro atoms. The topological polar surface area (TPSA) is 77.9 Å². The van der Waals surface area contributed by atoms with Crippen molar-refractivity contribution in [2.75, 3.05) is 24.6 Å². The molecule has 6 nitrogen and oxygen atoms in total. The number of piperidine rings is 1. The first-order chi connectivity index (χ1) is 12.2. The van der Waals surface area contributed by atoms with Crippen LogP contribution in [0.1, 0.15) is 12.8 Å². The van der Waals surface area contributed by atoms with Gasteiger partial charge in [0, 0.05) is 37.0 Å². The number of hydrogen-bond donors (Lipinski definition) is 2. The monoisotopic (exact) mass is 375 g/mol. The van der Waals surface area contributed by atoms with Crippen LogP contribution in [0.5, 0.6) is 0 Å². The van der Waals surface area contributed by atoms with Crippen LogP contribution in [0.3, 0.4) is 0 Å². The molecule has 8 heteroatoms. The van der Waals surface area contributed by atoms with Gasteiger partial charge in [-0.2, -0.15) is 5.10 Å². The smallest absolute Gasteiger partial charge is 0.208 e. The summed E-state index contributed by atoms with van der Waals surface area (Å²) >= 11 is 8.02. The largest absolute Gasteiger partial charge is 0.396 e. The number of aromatic amines is 1. The van der Waals surface area contributed by atoms with Gasteiger partial charge in [-0.15, -0.1) is 10.2 Å². The van der Waals surface area contributed by atoms with E-state index in [0.717, 1.165) is 52.8 Å². The van der Waals surface area contributed by atoms with Crippen LogP contribution in [0.15, 0.2) is 30.6 Å². The van der Waals surface area contributed by atoms with E-state index in [1.54, 1.807) is 17.5 Å². The summed E-state index contributed by atoms with van der Waals surface area (Å²) in [6.07, 6.45) is 5.74. The molecule has 25 heavy (non-hydrogen) atoms. The third-order valence-electron chi connectivity index (χ3n) is 4.49. The minimum atomic E-state index is 0.226. The zero-order valence-corrected chi connectivity index (χ0v) is 15.1. The average Bonchev–Trinajstić information content (AvgIpc) is 3.34. The fourth-order valence-corrected chi connectivity index (χ4v) is 4.36. The number of aliphatic hydroxyl groups is 1. The summed E-state index contributed by atoms with van der Waals surface area (Å²) in [7, 11) is 0. The maximum atomic E-state index is 9.40. The van der Waals surface area contributed by atoms with Gasteiger partial charge in [-0.1, -0.05) is 29.0 Å². The van der Waals surface area contributed by atoms with E-state index in [2.05, 4.69) is 25.3 Å². The van der Waals surface area contributed by atoms with E-state index >= 15 is 0 Å². The fraction of sp³-hybridized carbons (Fsp3) is 0.353. The van der Waals surface area contributed by atoms with Crippen LogP contribution < -0.4 is 4.90 Å². The summed E-state index contributed by atoms with van der Waals surface area (Å²) in [5.74, 6) is 0.318. The molecule has 0 unspecified atom stereocenters. The summed E-state index contributed by atoms with van der Waals surface area (Å²) in [5, 5.41) is 27.2. The van der Waals surface area contributed by atoms with Crippen LogP contribution >= 0.6 is 22.9 Å². The highest BCUT2D eigenvalue weighted by molar-refractivity contribution is 7.18. The number of nitrogens with one attached hydrogen (secondary N) is 1. The summed E-state index contributed by atoms with van der Waals surface area (Å²) < 4.78 is 0. The van der Waals surface area contributed by atoms with Gasteiger partial charge in [0.25, 0.3) is 0 Å². The highest BCUT2D eigenvalue weighted by Crippen LogP contribution is 2.36. The highest BCUT2D eigenvalue weighted by atomic mass is 35.5. The van der Waals surface area contributed by atoms with Gasteiger partial charge in [-0.05, 0) is 36.5 Å². The summed E-state index contributed by atoms with van der Waals surface area (Å²) in [6.45, 7) is 2.01. The van der Waals surface area contributed by atoms with Crippen LogP contribution in [-0.4, -0.2) is 45.2 Å². The second kappa shape index (κ2) is 7.11. The zero-order valence-electron chi connectivity index (χ0n) is 13.5. The van der Waals surface area contributed by atoms with Crippen molar-refractivity contribution >= 4 is 28.1 Å². The van der Waals surface area contributed by atoms with Crippen LogP contribution in [0, 0.1) is 5.92 Å². The number of rotatable bonds is 4. The molecule has 3 aromatic rings. The number of H-pyrrole nitrogens is 1. The van der Waals surface area contributed by atoms with Gasteiger partial charge in [0.15, 0.2) is 5.01 Å². The molecule has 1 saturated heterocycles.